The van der Waals surface area contributed by atoms with Crippen LogP contribution in [0.5, 0.6) is 11.5 Å². The molecule has 0 atom stereocenters. The molecule has 1 saturated heterocycles. The van der Waals surface area contributed by atoms with Crippen molar-refractivity contribution in [3.05, 3.63) is 62.1 Å². The molecule has 0 amide bonds. The van der Waals surface area contributed by atoms with Gasteiger partial charge in [0.1, 0.15) is 16.5 Å². The molecular formula is C15H11Cl2NO5. The molecule has 0 radical (unpaired) electrons. The first-order chi connectivity index (χ1) is 11.0. The predicted octanol–water partition coefficient (Wildman–Crippen LogP) is 4.74. The summed E-state index contributed by atoms with van der Waals surface area (Å²) in [5.41, 5.74) is 0.422. The van der Waals surface area contributed by atoms with Gasteiger partial charge in [0, 0.05) is 5.02 Å². The van der Waals surface area contributed by atoms with Gasteiger partial charge in [0.2, 0.25) is 0 Å². The number of rotatable bonds is 4. The average Bonchev–Trinajstić information content (AvgIpc) is 3.03. The summed E-state index contributed by atoms with van der Waals surface area (Å²) < 4.78 is 16.7. The van der Waals surface area contributed by atoms with Gasteiger partial charge in [0.25, 0.3) is 5.69 Å². The number of nitrogens with zero attached hydrogens (tertiary/aromatic N) is 1. The molecule has 0 N–H and O–H groups in total. The van der Waals surface area contributed by atoms with E-state index < -0.39 is 11.2 Å². The first-order valence-corrected chi connectivity index (χ1v) is 7.44. The summed E-state index contributed by atoms with van der Waals surface area (Å²) in [5.74, 6) is 0.670. The third-order valence-corrected chi connectivity index (χ3v) is 3.75. The maximum Gasteiger partial charge on any atom is 0.291 e. The van der Waals surface area contributed by atoms with Crippen molar-refractivity contribution in [2.75, 3.05) is 13.2 Å². The van der Waals surface area contributed by atoms with E-state index in [1.807, 2.05) is 0 Å². The molecule has 2 aromatic rings. The number of hydrogen-bond acceptors (Lipinski definition) is 5. The molecule has 6 nitrogen and oxygen atoms in total. The highest BCUT2D eigenvalue weighted by Gasteiger charge is 2.23. The Kier molecular flexibility index (Phi) is 4.68. The normalized spacial score (nSPS) is 14.9. The van der Waals surface area contributed by atoms with Gasteiger partial charge >= 0.3 is 0 Å². The van der Waals surface area contributed by atoms with E-state index in [4.69, 9.17) is 37.4 Å². The molecule has 0 aliphatic carbocycles. The molecule has 120 valence electrons. The molecule has 0 unspecified atom stereocenters. The van der Waals surface area contributed by atoms with Gasteiger partial charge in [-0.25, -0.2) is 0 Å². The van der Waals surface area contributed by atoms with Crippen LogP contribution in [-0.4, -0.2) is 18.1 Å². The zero-order valence-corrected chi connectivity index (χ0v) is 13.2. The largest absolute Gasteiger partial charge is 0.457 e. The zero-order valence-electron chi connectivity index (χ0n) is 11.7. The van der Waals surface area contributed by atoms with Crippen LogP contribution in [0.3, 0.4) is 0 Å². The van der Waals surface area contributed by atoms with Crippen molar-refractivity contribution in [1.29, 1.82) is 0 Å². The van der Waals surface area contributed by atoms with Gasteiger partial charge in [-0.3, -0.25) is 10.1 Å². The fraction of sp³-hybridized carbons (Fsp3) is 0.200. The van der Waals surface area contributed by atoms with Gasteiger partial charge in [0.05, 0.1) is 29.8 Å². The highest BCUT2D eigenvalue weighted by molar-refractivity contribution is 6.32. The predicted molar refractivity (Wildman–Crippen MR) is 84.3 cm³/mol. The van der Waals surface area contributed by atoms with Crippen molar-refractivity contribution < 1.29 is 19.1 Å². The van der Waals surface area contributed by atoms with Crippen molar-refractivity contribution in [2.45, 2.75) is 6.29 Å². The Bertz CT molecular complexity index is 747. The number of nitro benzene ring substituents is 1. The van der Waals surface area contributed by atoms with Crippen LogP contribution < -0.4 is 4.74 Å². The van der Waals surface area contributed by atoms with Crippen LogP contribution in [0.4, 0.5) is 5.69 Å². The number of nitro groups is 1. The summed E-state index contributed by atoms with van der Waals surface area (Å²) in [6.07, 6.45) is -0.551. The van der Waals surface area contributed by atoms with E-state index in [9.17, 15) is 10.1 Å². The van der Waals surface area contributed by atoms with Crippen LogP contribution in [0, 0.1) is 10.1 Å². The van der Waals surface area contributed by atoms with Gasteiger partial charge in [-0.2, -0.15) is 0 Å². The first-order valence-electron chi connectivity index (χ1n) is 6.69. The molecule has 0 bridgehead atoms. The molecule has 0 saturated carbocycles. The van der Waals surface area contributed by atoms with Gasteiger partial charge in [0.15, 0.2) is 6.29 Å². The average molecular weight is 356 g/mol. The summed E-state index contributed by atoms with van der Waals surface area (Å²) >= 11 is 11.8. The monoisotopic (exact) mass is 355 g/mol. The van der Waals surface area contributed by atoms with Crippen molar-refractivity contribution in [3.63, 3.8) is 0 Å². The fourth-order valence-corrected chi connectivity index (χ4v) is 2.50. The van der Waals surface area contributed by atoms with E-state index >= 15 is 0 Å². The highest BCUT2D eigenvalue weighted by Crippen LogP contribution is 2.37. The summed E-state index contributed by atoms with van der Waals surface area (Å²) in [4.78, 5) is 10.4. The third kappa shape index (κ3) is 3.56. The second-order valence-electron chi connectivity index (χ2n) is 4.73. The first kappa shape index (κ1) is 16.0. The van der Waals surface area contributed by atoms with Crippen LogP contribution in [0.1, 0.15) is 11.9 Å². The third-order valence-electron chi connectivity index (χ3n) is 3.19. The standard InChI is InChI=1S/C15H11Cl2NO5/c16-9-1-3-11(15-21-5-6-22-15)14(7-9)23-10-2-4-12(17)13(8-10)18(19)20/h1-4,7-8,15H,5-6H2. The van der Waals surface area contributed by atoms with Crippen LogP contribution in [0.2, 0.25) is 10.0 Å². The van der Waals surface area contributed by atoms with Gasteiger partial charge < -0.3 is 14.2 Å². The van der Waals surface area contributed by atoms with Gasteiger partial charge in [-0.1, -0.05) is 23.2 Å². The maximum atomic E-state index is 11.0. The smallest absolute Gasteiger partial charge is 0.291 e. The molecule has 1 heterocycles. The Balaban J connectivity index is 1.94. The van der Waals surface area contributed by atoms with Crippen molar-refractivity contribution in [1.82, 2.24) is 0 Å². The van der Waals surface area contributed by atoms with Crippen LogP contribution in [-0.2, 0) is 9.47 Å². The highest BCUT2D eigenvalue weighted by atomic mass is 35.5. The molecule has 0 aromatic heterocycles. The Morgan fingerprint density at radius 2 is 1.87 bits per heavy atom. The van der Waals surface area contributed by atoms with E-state index in [0.29, 0.717) is 29.5 Å². The second kappa shape index (κ2) is 6.72. The van der Waals surface area contributed by atoms with E-state index in [2.05, 4.69) is 0 Å². The molecule has 23 heavy (non-hydrogen) atoms. The second-order valence-corrected chi connectivity index (χ2v) is 5.57. The van der Waals surface area contributed by atoms with Crippen molar-refractivity contribution >= 4 is 28.9 Å². The van der Waals surface area contributed by atoms with E-state index in [-0.39, 0.29) is 16.5 Å². The number of ether oxygens (including phenoxy) is 3. The van der Waals surface area contributed by atoms with Crippen molar-refractivity contribution in [2.24, 2.45) is 0 Å². The molecular weight excluding hydrogens is 345 g/mol. The summed E-state index contributed by atoms with van der Waals surface area (Å²) in [7, 11) is 0. The van der Waals surface area contributed by atoms with Crippen LogP contribution in [0.15, 0.2) is 36.4 Å². The molecule has 8 heteroatoms. The number of hydrogen-bond donors (Lipinski definition) is 0. The summed E-state index contributed by atoms with van der Waals surface area (Å²) in [6.45, 7) is 0.971. The molecule has 0 spiro atoms. The van der Waals surface area contributed by atoms with Crippen LogP contribution in [0.25, 0.3) is 0 Å². The summed E-state index contributed by atoms with van der Waals surface area (Å²) in [5, 5.41) is 11.5. The summed E-state index contributed by atoms with van der Waals surface area (Å²) in [6, 6.07) is 9.22. The van der Waals surface area contributed by atoms with Gasteiger partial charge in [-0.05, 0) is 30.3 Å². The molecule has 1 fully saturated rings. The zero-order chi connectivity index (χ0) is 16.4. The van der Waals surface area contributed by atoms with E-state index in [1.54, 1.807) is 18.2 Å². The number of halogens is 2. The Morgan fingerprint density at radius 1 is 1.13 bits per heavy atom. The SMILES string of the molecule is O=[N+]([O-])c1cc(Oc2cc(Cl)ccc2C2OCCO2)ccc1Cl. The van der Waals surface area contributed by atoms with E-state index in [1.165, 1.54) is 18.2 Å². The Morgan fingerprint density at radius 3 is 2.57 bits per heavy atom. The Hall–Kier alpha value is -1.86. The molecule has 3 rings (SSSR count). The van der Waals surface area contributed by atoms with Crippen LogP contribution >= 0.6 is 23.2 Å². The molecule has 2 aromatic carbocycles. The minimum absolute atomic E-state index is 0.0381. The lowest BCUT2D eigenvalue weighted by atomic mass is 10.2. The van der Waals surface area contributed by atoms with Gasteiger partial charge in [-0.15, -0.1) is 0 Å². The lowest BCUT2D eigenvalue weighted by molar-refractivity contribution is -0.384. The lowest BCUT2D eigenvalue weighted by Gasteiger charge is -2.15. The topological polar surface area (TPSA) is 70.8 Å². The minimum Gasteiger partial charge on any atom is -0.457 e. The maximum absolute atomic E-state index is 11.0. The lowest BCUT2D eigenvalue weighted by Crippen LogP contribution is -2.01. The molecule has 1 aliphatic rings. The number of benzene rings is 2. The quantitative estimate of drug-likeness (QED) is 0.585. The minimum atomic E-state index is -0.572. The van der Waals surface area contributed by atoms with E-state index in [0.717, 1.165) is 0 Å². The molecule has 1 aliphatic heterocycles. The van der Waals surface area contributed by atoms with Crippen molar-refractivity contribution in [3.8, 4) is 11.5 Å². The Labute approximate surface area is 141 Å². The fourth-order valence-electron chi connectivity index (χ4n) is 2.15.